The second-order valence-electron chi connectivity index (χ2n) is 3.42. The minimum absolute atomic E-state index is 0.249. The molecule has 0 saturated carbocycles. The van der Waals surface area contributed by atoms with Gasteiger partial charge in [0.1, 0.15) is 5.56 Å². The Morgan fingerprint density at radius 2 is 2.00 bits per heavy atom. The van der Waals surface area contributed by atoms with Crippen molar-refractivity contribution in [2.45, 2.75) is 26.2 Å². The zero-order chi connectivity index (χ0) is 11.4. The molecule has 1 rings (SSSR count). The molecule has 4 heteroatoms. The fourth-order valence-electron chi connectivity index (χ4n) is 1.37. The van der Waals surface area contributed by atoms with Gasteiger partial charge in [0, 0.05) is 0 Å². The van der Waals surface area contributed by atoms with Crippen molar-refractivity contribution in [1.82, 2.24) is 0 Å². The van der Waals surface area contributed by atoms with E-state index in [0.717, 1.165) is 18.4 Å². The van der Waals surface area contributed by atoms with Crippen LogP contribution in [0.2, 0.25) is 0 Å². The van der Waals surface area contributed by atoms with Gasteiger partial charge in [0.2, 0.25) is 0 Å². The molecule has 4 nitrogen and oxygen atoms in total. The number of carbonyl (C=O) groups is 1. The molecule has 0 aliphatic carbocycles. The van der Waals surface area contributed by atoms with Gasteiger partial charge in [-0.25, -0.2) is 4.79 Å². The number of carboxylic acids is 1. The normalized spacial score (nSPS) is 10.2. The summed E-state index contributed by atoms with van der Waals surface area (Å²) < 4.78 is 0. The van der Waals surface area contributed by atoms with Gasteiger partial charge in [-0.3, -0.25) is 0 Å². The predicted octanol–water partition coefficient (Wildman–Crippen LogP) is 2.14. The minimum Gasteiger partial charge on any atom is -0.504 e. The van der Waals surface area contributed by atoms with Crippen LogP contribution in [-0.4, -0.2) is 21.3 Å². The maximum atomic E-state index is 10.7. The van der Waals surface area contributed by atoms with Gasteiger partial charge in [0.05, 0.1) is 0 Å². The van der Waals surface area contributed by atoms with Gasteiger partial charge in [-0.2, -0.15) is 0 Å². The van der Waals surface area contributed by atoms with Gasteiger partial charge in [0.25, 0.3) is 0 Å². The standard InChI is InChI=1S/C11H14O4/c1-2-3-4-7-5-8(11(14)15)10(13)9(12)6-7/h5-6,12-13H,2-4H2,1H3,(H,14,15). The Hall–Kier alpha value is -1.71. The predicted molar refractivity (Wildman–Crippen MR) is 55.3 cm³/mol. The topological polar surface area (TPSA) is 77.8 Å². The van der Waals surface area contributed by atoms with Crippen molar-refractivity contribution in [3.8, 4) is 11.5 Å². The highest BCUT2D eigenvalue weighted by Crippen LogP contribution is 2.30. The number of aromatic hydroxyl groups is 2. The van der Waals surface area contributed by atoms with Gasteiger partial charge >= 0.3 is 5.97 Å². The summed E-state index contributed by atoms with van der Waals surface area (Å²) in [6.07, 6.45) is 2.61. The highest BCUT2D eigenvalue weighted by molar-refractivity contribution is 5.92. The molecule has 1 aromatic rings. The number of unbranched alkanes of at least 4 members (excludes halogenated alkanes) is 1. The van der Waals surface area contributed by atoms with Crippen LogP contribution in [0.5, 0.6) is 11.5 Å². The van der Waals surface area contributed by atoms with Gasteiger partial charge in [0.15, 0.2) is 11.5 Å². The van der Waals surface area contributed by atoms with Crippen molar-refractivity contribution in [3.05, 3.63) is 23.3 Å². The van der Waals surface area contributed by atoms with Crippen molar-refractivity contribution in [2.24, 2.45) is 0 Å². The number of aromatic carboxylic acids is 1. The van der Waals surface area contributed by atoms with E-state index in [9.17, 15) is 15.0 Å². The lowest BCUT2D eigenvalue weighted by Gasteiger charge is -2.06. The maximum absolute atomic E-state index is 10.7. The number of phenolic OH excluding ortho intramolecular Hbond substituents is 1. The molecule has 0 fully saturated rings. The van der Waals surface area contributed by atoms with Crippen molar-refractivity contribution < 1.29 is 20.1 Å². The van der Waals surface area contributed by atoms with Gasteiger partial charge in [-0.15, -0.1) is 0 Å². The first kappa shape index (κ1) is 11.4. The Kier molecular flexibility index (Phi) is 3.55. The van der Waals surface area contributed by atoms with Crippen LogP contribution in [0, 0.1) is 0 Å². The monoisotopic (exact) mass is 210 g/mol. The third-order valence-corrected chi connectivity index (χ3v) is 2.20. The molecule has 3 N–H and O–H groups in total. The third kappa shape index (κ3) is 2.62. The fraction of sp³-hybridized carbons (Fsp3) is 0.364. The molecule has 0 atom stereocenters. The Morgan fingerprint density at radius 3 is 2.53 bits per heavy atom. The molecule has 0 aliphatic rings. The smallest absolute Gasteiger partial charge is 0.339 e. The van der Waals surface area contributed by atoms with E-state index in [-0.39, 0.29) is 11.3 Å². The van der Waals surface area contributed by atoms with Crippen molar-refractivity contribution in [3.63, 3.8) is 0 Å². The Balaban J connectivity index is 3.06. The second-order valence-corrected chi connectivity index (χ2v) is 3.42. The van der Waals surface area contributed by atoms with Crippen LogP contribution in [0.4, 0.5) is 0 Å². The number of rotatable bonds is 4. The molecule has 0 amide bonds. The molecule has 0 heterocycles. The average molecular weight is 210 g/mol. The lowest BCUT2D eigenvalue weighted by molar-refractivity contribution is 0.0693. The molecule has 0 aliphatic heterocycles. The summed E-state index contributed by atoms with van der Waals surface area (Å²) in [6, 6.07) is 2.80. The summed E-state index contributed by atoms with van der Waals surface area (Å²) in [4.78, 5) is 10.7. The molecule has 0 aromatic heterocycles. The van der Waals surface area contributed by atoms with Crippen molar-refractivity contribution in [2.75, 3.05) is 0 Å². The third-order valence-electron chi connectivity index (χ3n) is 2.20. The first-order chi connectivity index (χ1) is 7.06. The first-order valence-electron chi connectivity index (χ1n) is 4.84. The second kappa shape index (κ2) is 4.68. The summed E-state index contributed by atoms with van der Waals surface area (Å²) in [6.45, 7) is 2.03. The quantitative estimate of drug-likeness (QED) is 0.665. The van der Waals surface area contributed by atoms with E-state index < -0.39 is 11.7 Å². The summed E-state index contributed by atoms with van der Waals surface area (Å²) in [5.41, 5.74) is 0.477. The highest BCUT2D eigenvalue weighted by atomic mass is 16.4. The molecule has 15 heavy (non-hydrogen) atoms. The largest absolute Gasteiger partial charge is 0.504 e. The van der Waals surface area contributed by atoms with Gasteiger partial charge in [-0.1, -0.05) is 13.3 Å². The first-order valence-corrected chi connectivity index (χ1v) is 4.84. The van der Waals surface area contributed by atoms with Crippen molar-refractivity contribution in [1.29, 1.82) is 0 Å². The number of aryl methyl sites for hydroxylation is 1. The maximum Gasteiger partial charge on any atom is 0.339 e. The van der Waals surface area contributed by atoms with E-state index in [4.69, 9.17) is 5.11 Å². The summed E-state index contributed by atoms with van der Waals surface area (Å²) in [5.74, 6) is -2.18. The number of benzene rings is 1. The Bertz CT molecular complexity index is 371. The zero-order valence-electron chi connectivity index (χ0n) is 8.53. The molecule has 0 saturated heterocycles. The molecule has 0 radical (unpaired) electrons. The van der Waals surface area contributed by atoms with Crippen LogP contribution >= 0.6 is 0 Å². The molecule has 1 aromatic carbocycles. The van der Waals surface area contributed by atoms with E-state index in [2.05, 4.69) is 0 Å². The van der Waals surface area contributed by atoms with E-state index in [1.165, 1.54) is 12.1 Å². The number of phenols is 2. The van der Waals surface area contributed by atoms with E-state index in [0.29, 0.717) is 6.42 Å². The summed E-state index contributed by atoms with van der Waals surface area (Å²) in [7, 11) is 0. The lowest BCUT2D eigenvalue weighted by Crippen LogP contribution is -1.99. The zero-order valence-corrected chi connectivity index (χ0v) is 8.53. The van der Waals surface area contributed by atoms with Crippen LogP contribution in [0.25, 0.3) is 0 Å². The minimum atomic E-state index is -1.24. The average Bonchev–Trinajstić information content (AvgIpc) is 2.19. The number of hydrogen-bond donors (Lipinski definition) is 3. The van der Waals surface area contributed by atoms with Crippen molar-refractivity contribution >= 4 is 5.97 Å². The fourth-order valence-corrected chi connectivity index (χ4v) is 1.37. The van der Waals surface area contributed by atoms with Crippen LogP contribution in [-0.2, 0) is 6.42 Å². The Morgan fingerprint density at radius 1 is 1.33 bits per heavy atom. The molecular weight excluding hydrogens is 196 g/mol. The number of carboxylic acid groups (broad SMARTS) is 1. The van der Waals surface area contributed by atoms with Crippen LogP contribution in [0.3, 0.4) is 0 Å². The van der Waals surface area contributed by atoms with Crippen LogP contribution in [0.1, 0.15) is 35.7 Å². The Labute approximate surface area is 87.8 Å². The van der Waals surface area contributed by atoms with Crippen LogP contribution in [0.15, 0.2) is 12.1 Å². The van der Waals surface area contributed by atoms with Crippen LogP contribution < -0.4 is 0 Å². The van der Waals surface area contributed by atoms with Gasteiger partial charge in [-0.05, 0) is 30.5 Å². The molecule has 0 bridgehead atoms. The summed E-state index contributed by atoms with van der Waals surface area (Å²) in [5, 5.41) is 27.4. The molecular formula is C11H14O4. The molecule has 0 unspecified atom stereocenters. The van der Waals surface area contributed by atoms with Gasteiger partial charge < -0.3 is 15.3 Å². The number of hydrogen-bond acceptors (Lipinski definition) is 3. The lowest BCUT2D eigenvalue weighted by atomic mass is 10.0. The van der Waals surface area contributed by atoms with E-state index in [1.807, 2.05) is 6.92 Å². The molecule has 82 valence electrons. The van der Waals surface area contributed by atoms with E-state index in [1.54, 1.807) is 0 Å². The SMILES string of the molecule is CCCCc1cc(O)c(O)c(C(=O)O)c1. The summed E-state index contributed by atoms with van der Waals surface area (Å²) >= 11 is 0. The highest BCUT2D eigenvalue weighted by Gasteiger charge is 2.14. The van der Waals surface area contributed by atoms with E-state index >= 15 is 0 Å². The molecule has 0 spiro atoms.